The Morgan fingerprint density at radius 2 is 1.90 bits per heavy atom. The molecule has 1 aromatic carbocycles. The quantitative estimate of drug-likeness (QED) is 0.699. The molecule has 0 spiro atoms. The molecule has 116 valence electrons. The van der Waals surface area contributed by atoms with Crippen LogP contribution in [-0.2, 0) is 0 Å². The van der Waals surface area contributed by atoms with Gasteiger partial charge in [0.05, 0.1) is 0 Å². The van der Waals surface area contributed by atoms with E-state index in [1.165, 1.54) is 57.2 Å². The molecule has 0 radical (unpaired) electrons. The van der Waals surface area contributed by atoms with E-state index in [4.69, 9.17) is 0 Å². The van der Waals surface area contributed by atoms with E-state index >= 15 is 0 Å². The first kappa shape index (κ1) is 15.1. The predicted octanol–water partition coefficient (Wildman–Crippen LogP) is 3.99. The van der Waals surface area contributed by atoms with Gasteiger partial charge in [0.25, 0.3) is 0 Å². The summed E-state index contributed by atoms with van der Waals surface area (Å²) in [5.74, 6) is 1.02. The monoisotopic (exact) mass is 286 g/mol. The first-order valence-corrected chi connectivity index (χ1v) is 8.89. The number of rotatable bonds is 10. The van der Waals surface area contributed by atoms with Crippen LogP contribution in [0.2, 0.25) is 0 Å². The number of benzene rings is 1. The van der Waals surface area contributed by atoms with E-state index in [1.54, 1.807) is 0 Å². The van der Waals surface area contributed by atoms with E-state index in [2.05, 4.69) is 47.5 Å². The highest BCUT2D eigenvalue weighted by Gasteiger charge is 2.33. The zero-order valence-electron chi connectivity index (χ0n) is 13.4. The zero-order valence-corrected chi connectivity index (χ0v) is 13.4. The number of hydrogen-bond acceptors (Lipinski definition) is 2. The molecule has 0 heterocycles. The standard InChI is InChI=1S/C19H30N2/c1-2-13-20-19(17-6-4-3-5-7-17)12-14-21(18-10-11-18)15-16-8-9-16/h3-7,16,18-20H,2,8-15H2,1H3. The number of hydrogen-bond donors (Lipinski definition) is 1. The fourth-order valence-electron chi connectivity index (χ4n) is 3.18. The molecule has 0 bridgehead atoms. The minimum atomic E-state index is 0.520. The van der Waals surface area contributed by atoms with Crippen molar-refractivity contribution in [1.82, 2.24) is 10.2 Å². The van der Waals surface area contributed by atoms with Gasteiger partial charge in [0.2, 0.25) is 0 Å². The molecule has 0 saturated heterocycles. The Kier molecular flexibility index (Phi) is 5.32. The Balaban J connectivity index is 1.54. The Bertz CT molecular complexity index is 409. The normalized spacial score (nSPS) is 19.9. The topological polar surface area (TPSA) is 15.3 Å². The summed E-state index contributed by atoms with van der Waals surface area (Å²) in [6.07, 6.45) is 8.26. The largest absolute Gasteiger partial charge is 0.310 e. The van der Waals surface area contributed by atoms with Gasteiger partial charge in [-0.05, 0) is 56.6 Å². The fourth-order valence-corrected chi connectivity index (χ4v) is 3.18. The van der Waals surface area contributed by atoms with Crippen molar-refractivity contribution < 1.29 is 0 Å². The summed E-state index contributed by atoms with van der Waals surface area (Å²) in [4.78, 5) is 2.78. The second-order valence-corrected chi connectivity index (χ2v) is 6.88. The molecule has 2 fully saturated rings. The Morgan fingerprint density at radius 1 is 1.14 bits per heavy atom. The second kappa shape index (κ2) is 7.42. The van der Waals surface area contributed by atoms with Crippen LogP contribution in [-0.4, -0.2) is 30.6 Å². The van der Waals surface area contributed by atoms with E-state index in [-0.39, 0.29) is 0 Å². The minimum absolute atomic E-state index is 0.520. The van der Waals surface area contributed by atoms with Crippen LogP contribution in [0.1, 0.15) is 57.1 Å². The zero-order chi connectivity index (χ0) is 14.5. The van der Waals surface area contributed by atoms with Crippen LogP contribution in [0.4, 0.5) is 0 Å². The first-order chi connectivity index (χ1) is 10.4. The highest BCUT2D eigenvalue weighted by Crippen LogP contribution is 2.35. The molecular formula is C19H30N2. The lowest BCUT2D eigenvalue weighted by Crippen LogP contribution is -2.33. The van der Waals surface area contributed by atoms with Crippen LogP contribution >= 0.6 is 0 Å². The van der Waals surface area contributed by atoms with Gasteiger partial charge in [0, 0.05) is 25.2 Å². The molecule has 2 saturated carbocycles. The van der Waals surface area contributed by atoms with E-state index in [0.29, 0.717) is 6.04 Å². The number of nitrogens with one attached hydrogen (secondary N) is 1. The third kappa shape index (κ3) is 4.82. The minimum Gasteiger partial charge on any atom is -0.310 e. The van der Waals surface area contributed by atoms with Gasteiger partial charge in [-0.3, -0.25) is 0 Å². The second-order valence-electron chi connectivity index (χ2n) is 6.88. The lowest BCUT2D eigenvalue weighted by molar-refractivity contribution is 0.237. The third-order valence-electron chi connectivity index (χ3n) is 4.80. The van der Waals surface area contributed by atoms with Gasteiger partial charge in [0.15, 0.2) is 0 Å². The van der Waals surface area contributed by atoms with Gasteiger partial charge >= 0.3 is 0 Å². The number of nitrogens with zero attached hydrogens (tertiary/aromatic N) is 1. The molecule has 1 atom stereocenters. The summed E-state index contributed by atoms with van der Waals surface area (Å²) in [5.41, 5.74) is 1.45. The van der Waals surface area contributed by atoms with Crippen molar-refractivity contribution in [1.29, 1.82) is 0 Å². The van der Waals surface area contributed by atoms with Gasteiger partial charge in [-0.2, -0.15) is 0 Å². The average molecular weight is 286 g/mol. The van der Waals surface area contributed by atoms with Gasteiger partial charge in [-0.25, -0.2) is 0 Å². The third-order valence-corrected chi connectivity index (χ3v) is 4.80. The van der Waals surface area contributed by atoms with Crippen LogP contribution in [0.5, 0.6) is 0 Å². The Hall–Kier alpha value is -0.860. The summed E-state index contributed by atoms with van der Waals surface area (Å²) in [6, 6.07) is 12.4. The van der Waals surface area contributed by atoms with Crippen molar-refractivity contribution in [2.45, 2.75) is 57.5 Å². The molecule has 1 aromatic rings. The molecule has 0 aromatic heterocycles. The molecule has 2 aliphatic carbocycles. The summed E-state index contributed by atoms with van der Waals surface area (Å²) >= 11 is 0. The van der Waals surface area contributed by atoms with E-state index in [1.807, 2.05) is 0 Å². The molecule has 1 unspecified atom stereocenters. The maximum atomic E-state index is 3.74. The Morgan fingerprint density at radius 3 is 2.52 bits per heavy atom. The highest BCUT2D eigenvalue weighted by molar-refractivity contribution is 5.18. The molecule has 2 heteroatoms. The molecule has 0 aliphatic heterocycles. The van der Waals surface area contributed by atoms with Gasteiger partial charge in [-0.15, -0.1) is 0 Å². The highest BCUT2D eigenvalue weighted by atomic mass is 15.2. The van der Waals surface area contributed by atoms with Crippen molar-refractivity contribution in [2.75, 3.05) is 19.6 Å². The molecule has 3 rings (SSSR count). The van der Waals surface area contributed by atoms with Crippen LogP contribution in [0, 0.1) is 5.92 Å². The van der Waals surface area contributed by atoms with Crippen LogP contribution < -0.4 is 5.32 Å². The maximum absolute atomic E-state index is 3.74. The Labute approximate surface area is 129 Å². The lowest BCUT2D eigenvalue weighted by atomic mass is 10.0. The molecular weight excluding hydrogens is 256 g/mol. The van der Waals surface area contributed by atoms with Crippen molar-refractivity contribution >= 4 is 0 Å². The smallest absolute Gasteiger partial charge is 0.0332 e. The maximum Gasteiger partial charge on any atom is 0.0332 e. The summed E-state index contributed by atoms with van der Waals surface area (Å²) in [7, 11) is 0. The van der Waals surface area contributed by atoms with E-state index < -0.39 is 0 Å². The predicted molar refractivity (Wildman–Crippen MR) is 89.4 cm³/mol. The van der Waals surface area contributed by atoms with Crippen molar-refractivity contribution in [3.05, 3.63) is 35.9 Å². The molecule has 2 aliphatic rings. The van der Waals surface area contributed by atoms with Crippen molar-refractivity contribution in [3.63, 3.8) is 0 Å². The SMILES string of the molecule is CCCNC(CCN(CC1CC1)C1CC1)c1ccccc1. The molecule has 1 N–H and O–H groups in total. The van der Waals surface area contributed by atoms with Crippen molar-refractivity contribution in [2.24, 2.45) is 5.92 Å². The average Bonchev–Trinajstić information content (AvgIpc) is 3.39. The summed E-state index contributed by atoms with van der Waals surface area (Å²) in [6.45, 7) is 5.99. The van der Waals surface area contributed by atoms with Crippen LogP contribution in [0.15, 0.2) is 30.3 Å². The van der Waals surface area contributed by atoms with Gasteiger partial charge in [-0.1, -0.05) is 37.3 Å². The molecule has 2 nitrogen and oxygen atoms in total. The van der Waals surface area contributed by atoms with Crippen molar-refractivity contribution in [3.8, 4) is 0 Å². The molecule has 0 amide bonds. The van der Waals surface area contributed by atoms with Gasteiger partial charge in [0.1, 0.15) is 0 Å². The van der Waals surface area contributed by atoms with E-state index in [0.717, 1.165) is 18.5 Å². The summed E-state index contributed by atoms with van der Waals surface area (Å²) in [5, 5.41) is 3.74. The van der Waals surface area contributed by atoms with E-state index in [9.17, 15) is 0 Å². The summed E-state index contributed by atoms with van der Waals surface area (Å²) < 4.78 is 0. The van der Waals surface area contributed by atoms with Crippen LogP contribution in [0.25, 0.3) is 0 Å². The van der Waals surface area contributed by atoms with Gasteiger partial charge < -0.3 is 10.2 Å². The first-order valence-electron chi connectivity index (χ1n) is 8.89. The lowest BCUT2D eigenvalue weighted by Gasteiger charge is -2.26. The molecule has 21 heavy (non-hydrogen) atoms. The fraction of sp³-hybridized carbons (Fsp3) is 0.684. The van der Waals surface area contributed by atoms with Crippen LogP contribution in [0.3, 0.4) is 0 Å².